The molecule has 0 aromatic heterocycles. The Bertz CT molecular complexity index is 282. The molecule has 1 rings (SSSR count). The van der Waals surface area contributed by atoms with Crippen LogP contribution in [0.15, 0.2) is 29.3 Å². The Labute approximate surface area is 114 Å². The van der Waals surface area contributed by atoms with Crippen LogP contribution in [0.3, 0.4) is 0 Å². The molecule has 0 fully saturated rings. The van der Waals surface area contributed by atoms with Gasteiger partial charge in [0.25, 0.3) is 0 Å². The Balaban J connectivity index is 0.00000121. The summed E-state index contributed by atoms with van der Waals surface area (Å²) < 4.78 is 0. The van der Waals surface area contributed by atoms with Crippen LogP contribution < -0.4 is 56.5 Å². The first-order valence-electron chi connectivity index (χ1n) is 3.20. The van der Waals surface area contributed by atoms with E-state index < -0.39 is 0 Å². The van der Waals surface area contributed by atoms with Gasteiger partial charge in [0, 0.05) is 6.07 Å². The van der Waals surface area contributed by atoms with E-state index in [0.717, 1.165) is 0 Å². The number of aromatic hydroxyl groups is 1. The molecule has 0 spiro atoms. The summed E-state index contributed by atoms with van der Waals surface area (Å²) in [5.41, 5.74) is 0.484. The molecule has 0 aliphatic rings. The molecule has 4 heteroatoms. The van der Waals surface area contributed by atoms with Crippen LogP contribution in [-0.4, -0.2) is 11.0 Å². The van der Waals surface area contributed by atoms with Crippen molar-refractivity contribution in [3.63, 3.8) is 0 Å². The summed E-state index contributed by atoms with van der Waals surface area (Å²) in [5.74, 6) is -0.150. The van der Waals surface area contributed by atoms with Gasteiger partial charge in [-0.25, -0.2) is 0 Å². The summed E-state index contributed by atoms with van der Waals surface area (Å²) in [6.07, 6.45) is 0. The van der Waals surface area contributed by atoms with Crippen molar-refractivity contribution in [1.82, 2.24) is 0 Å². The van der Waals surface area contributed by atoms with E-state index >= 15 is 0 Å². The van der Waals surface area contributed by atoms with Crippen molar-refractivity contribution >= 4 is 11.6 Å². The first kappa shape index (κ1) is 12.1. The summed E-state index contributed by atoms with van der Waals surface area (Å²) in [7, 11) is 0. The minimum absolute atomic E-state index is 0. The number of rotatable bonds is 1. The number of benzene rings is 1. The normalized spacial score (nSPS) is 10.6. The Morgan fingerprint density at radius 2 is 2.17 bits per heavy atom. The molecule has 0 radical (unpaired) electrons. The van der Waals surface area contributed by atoms with E-state index in [1.807, 2.05) is 0 Å². The van der Waals surface area contributed by atoms with Gasteiger partial charge in [0.05, 0.1) is 5.69 Å². The fraction of sp³-hybridized carbons (Fsp3) is 0.125. The third-order valence-electron chi connectivity index (χ3n) is 1.12. The topological polar surface area (TPSA) is 55.7 Å². The maximum absolute atomic E-state index is 10.5. The van der Waals surface area contributed by atoms with E-state index in [-0.39, 0.29) is 63.0 Å². The zero-order chi connectivity index (χ0) is 8.27. The minimum atomic E-state index is -0.268. The van der Waals surface area contributed by atoms with Crippen LogP contribution in [0.4, 0.5) is 5.69 Å². The second kappa shape index (κ2) is 5.72. The SMILES string of the molecule is CC([O-])=Nc1cccc(O)c1.[K+]. The maximum Gasteiger partial charge on any atom is 1.00 e. The molecular formula is C8H8KNO2. The predicted octanol–water partition coefficient (Wildman–Crippen LogP) is -2.19. The number of nitrogens with zero attached hydrogens (tertiary/aromatic N) is 1. The molecule has 0 heterocycles. The van der Waals surface area contributed by atoms with E-state index in [9.17, 15) is 5.11 Å². The standard InChI is InChI=1S/C8H9NO2.K/c1-6(10)9-7-3-2-4-8(11)5-7;/h2-5,11H,1H3,(H,9,10);/q;+1/p-1. The first-order chi connectivity index (χ1) is 5.18. The molecule has 0 saturated heterocycles. The van der Waals surface area contributed by atoms with Gasteiger partial charge in [0.15, 0.2) is 0 Å². The van der Waals surface area contributed by atoms with E-state index in [1.165, 1.54) is 19.1 Å². The summed E-state index contributed by atoms with van der Waals surface area (Å²) in [6, 6.07) is 6.25. The average molecular weight is 189 g/mol. The molecule has 0 unspecified atom stereocenters. The monoisotopic (exact) mass is 189 g/mol. The summed E-state index contributed by atoms with van der Waals surface area (Å²) in [4.78, 5) is 3.62. The van der Waals surface area contributed by atoms with Crippen molar-refractivity contribution in [1.29, 1.82) is 0 Å². The molecule has 58 valence electrons. The van der Waals surface area contributed by atoms with Crippen LogP contribution in [0.2, 0.25) is 0 Å². The fourth-order valence-electron chi connectivity index (χ4n) is 0.744. The third-order valence-corrected chi connectivity index (χ3v) is 1.12. The van der Waals surface area contributed by atoms with Crippen LogP contribution in [-0.2, 0) is 0 Å². The van der Waals surface area contributed by atoms with Crippen molar-refractivity contribution in [2.75, 3.05) is 0 Å². The molecule has 1 N–H and O–H groups in total. The van der Waals surface area contributed by atoms with Crippen molar-refractivity contribution in [2.45, 2.75) is 6.92 Å². The molecule has 1 aromatic rings. The molecule has 0 atom stereocenters. The zero-order valence-electron chi connectivity index (χ0n) is 7.11. The number of hydrogen-bond donors (Lipinski definition) is 1. The molecule has 0 aliphatic carbocycles. The Kier molecular flexibility index (Phi) is 5.78. The van der Waals surface area contributed by atoms with Crippen LogP contribution in [0, 0.1) is 0 Å². The smallest absolute Gasteiger partial charge is 0.862 e. The minimum Gasteiger partial charge on any atom is -0.862 e. The number of hydrogen-bond acceptors (Lipinski definition) is 3. The van der Waals surface area contributed by atoms with E-state index in [1.54, 1.807) is 12.1 Å². The molecule has 0 aliphatic heterocycles. The van der Waals surface area contributed by atoms with Gasteiger partial charge in [-0.3, -0.25) is 4.99 Å². The Hall–Kier alpha value is 0.126. The quantitative estimate of drug-likeness (QED) is 0.310. The average Bonchev–Trinajstić information content (AvgIpc) is 1.85. The Morgan fingerprint density at radius 1 is 1.50 bits per heavy atom. The largest absolute Gasteiger partial charge is 1.00 e. The zero-order valence-corrected chi connectivity index (χ0v) is 10.2. The van der Waals surface area contributed by atoms with Crippen LogP contribution >= 0.6 is 0 Å². The van der Waals surface area contributed by atoms with Crippen molar-refractivity contribution < 1.29 is 61.6 Å². The van der Waals surface area contributed by atoms with Crippen LogP contribution in [0.25, 0.3) is 0 Å². The van der Waals surface area contributed by atoms with E-state index in [2.05, 4.69) is 4.99 Å². The fourth-order valence-corrected chi connectivity index (χ4v) is 0.744. The summed E-state index contributed by atoms with van der Waals surface area (Å²) in [6.45, 7) is 1.37. The summed E-state index contributed by atoms with van der Waals surface area (Å²) >= 11 is 0. The Morgan fingerprint density at radius 3 is 2.67 bits per heavy atom. The molecule has 0 saturated carbocycles. The second-order valence-electron chi connectivity index (χ2n) is 2.15. The van der Waals surface area contributed by atoms with Crippen molar-refractivity contribution in [3.05, 3.63) is 24.3 Å². The van der Waals surface area contributed by atoms with Crippen LogP contribution in [0.5, 0.6) is 5.75 Å². The maximum atomic E-state index is 10.5. The first-order valence-corrected chi connectivity index (χ1v) is 3.20. The van der Waals surface area contributed by atoms with E-state index in [4.69, 9.17) is 5.11 Å². The predicted molar refractivity (Wildman–Crippen MR) is 40.9 cm³/mol. The van der Waals surface area contributed by atoms with Gasteiger partial charge in [-0.2, -0.15) is 0 Å². The van der Waals surface area contributed by atoms with Gasteiger partial charge in [0.2, 0.25) is 0 Å². The van der Waals surface area contributed by atoms with Gasteiger partial charge < -0.3 is 10.2 Å². The van der Waals surface area contributed by atoms with Gasteiger partial charge in [-0.05, 0) is 25.0 Å². The van der Waals surface area contributed by atoms with Gasteiger partial charge in [-0.15, -0.1) is 0 Å². The number of phenols is 1. The molecular weight excluding hydrogens is 181 g/mol. The van der Waals surface area contributed by atoms with Gasteiger partial charge >= 0.3 is 51.4 Å². The third kappa shape index (κ3) is 4.23. The summed E-state index contributed by atoms with van der Waals surface area (Å²) in [5, 5.41) is 19.4. The number of phenolic OH excluding ortho intramolecular Hbond substituents is 1. The van der Waals surface area contributed by atoms with Gasteiger partial charge in [-0.1, -0.05) is 6.07 Å². The van der Waals surface area contributed by atoms with Crippen molar-refractivity contribution in [3.8, 4) is 5.75 Å². The molecule has 0 bridgehead atoms. The molecule has 0 amide bonds. The van der Waals surface area contributed by atoms with E-state index in [0.29, 0.717) is 5.69 Å². The molecule has 3 nitrogen and oxygen atoms in total. The molecule has 12 heavy (non-hydrogen) atoms. The molecule has 1 aromatic carbocycles. The van der Waals surface area contributed by atoms with Crippen LogP contribution in [0.1, 0.15) is 6.92 Å². The van der Waals surface area contributed by atoms with Crippen molar-refractivity contribution in [2.24, 2.45) is 4.99 Å². The van der Waals surface area contributed by atoms with Gasteiger partial charge in [0.1, 0.15) is 5.75 Å². The number of aliphatic imine (C=N–C) groups is 1. The second-order valence-corrected chi connectivity index (χ2v) is 2.15.